The summed E-state index contributed by atoms with van der Waals surface area (Å²) in [5.41, 5.74) is 0. The molecular weight excluding hydrogens is 251 g/mol. The van der Waals surface area contributed by atoms with E-state index in [4.69, 9.17) is 10.2 Å². The minimum absolute atomic E-state index is 0. The maximum atomic E-state index is 10.3. The first kappa shape index (κ1) is 21.7. The molecule has 0 saturated carbocycles. The molecule has 0 unspecified atom stereocenters. The molecule has 0 aliphatic rings. The number of hydrogen-bond acceptors (Lipinski definition) is 2. The van der Waals surface area contributed by atoms with Gasteiger partial charge in [-0.25, -0.2) is 0 Å². The summed E-state index contributed by atoms with van der Waals surface area (Å²) in [4.78, 5) is 10.3. The van der Waals surface area contributed by atoms with Crippen LogP contribution in [-0.2, 0) is 4.79 Å². The number of aliphatic hydroxyl groups excluding tert-OH is 1. The van der Waals surface area contributed by atoms with E-state index in [1.54, 1.807) is 0 Å². The van der Waals surface area contributed by atoms with Gasteiger partial charge < -0.3 is 10.2 Å². The van der Waals surface area contributed by atoms with Crippen LogP contribution in [0.2, 0.25) is 0 Å². The molecule has 0 atom stereocenters. The maximum absolute atomic E-state index is 10.3. The van der Waals surface area contributed by atoms with Crippen LogP contribution in [0.3, 0.4) is 0 Å². The Morgan fingerprint density at radius 3 is 1.26 bits per heavy atom. The van der Waals surface area contributed by atoms with Crippen LogP contribution in [-0.4, -0.2) is 52.3 Å². The molecule has 0 amide bonds. The summed E-state index contributed by atoms with van der Waals surface area (Å²) in [6.07, 6.45) is 14.6. The van der Waals surface area contributed by atoms with Gasteiger partial charge in [0.1, 0.15) is 0 Å². The Morgan fingerprint density at radius 1 is 0.632 bits per heavy atom. The van der Waals surface area contributed by atoms with E-state index in [9.17, 15) is 4.79 Å². The average Bonchev–Trinajstić information content (AvgIpc) is 2.34. The van der Waals surface area contributed by atoms with Crippen molar-refractivity contribution in [1.29, 1.82) is 0 Å². The summed E-state index contributed by atoms with van der Waals surface area (Å²) >= 11 is 0. The number of carbonyl (C=O) groups is 1. The second kappa shape index (κ2) is 18.4. The van der Waals surface area contributed by atoms with Crippen LogP contribution in [0.5, 0.6) is 0 Å². The second-order valence-corrected chi connectivity index (χ2v) is 5.11. The van der Waals surface area contributed by atoms with E-state index in [0.717, 1.165) is 19.3 Å². The number of carboxylic acids is 1. The molecule has 0 aliphatic carbocycles. The number of aliphatic carboxylic acids is 1. The third-order valence-corrected chi connectivity index (χ3v) is 3.30. The van der Waals surface area contributed by atoms with Crippen molar-refractivity contribution < 1.29 is 15.0 Å². The molecule has 0 aromatic rings. The van der Waals surface area contributed by atoms with Gasteiger partial charge in [0, 0.05) is 13.0 Å². The molecule has 3 nitrogen and oxygen atoms in total. The summed E-state index contributed by atoms with van der Waals surface area (Å²) in [7, 11) is 0. The van der Waals surface area contributed by atoms with Crippen molar-refractivity contribution in [3.63, 3.8) is 0 Å². The van der Waals surface area contributed by atoms with Crippen LogP contribution in [0.1, 0.15) is 83.5 Å². The van der Waals surface area contributed by atoms with E-state index in [1.165, 1.54) is 57.8 Å². The zero-order chi connectivity index (χ0) is 13.5. The number of hydrogen-bond donors (Lipinski definition) is 2. The van der Waals surface area contributed by atoms with E-state index in [0.29, 0.717) is 13.0 Å². The molecule has 0 fully saturated rings. The summed E-state index contributed by atoms with van der Waals surface area (Å²) in [6.45, 7) is 0.335. The molecule has 0 spiro atoms. The molecule has 2 N–H and O–H groups in total. The summed E-state index contributed by atoms with van der Waals surface area (Å²) < 4.78 is 0. The van der Waals surface area contributed by atoms with Gasteiger partial charge in [0.05, 0.1) is 0 Å². The van der Waals surface area contributed by atoms with Gasteiger partial charge in [-0.05, 0) is 12.8 Å². The van der Waals surface area contributed by atoms with Gasteiger partial charge in [-0.15, -0.1) is 0 Å². The van der Waals surface area contributed by atoms with Crippen molar-refractivity contribution in [3.8, 4) is 0 Å². The van der Waals surface area contributed by atoms with Gasteiger partial charge in [0.15, 0.2) is 0 Å². The Morgan fingerprint density at radius 2 is 0.947 bits per heavy atom. The summed E-state index contributed by atoms with van der Waals surface area (Å²) in [5, 5.41) is 17.1. The predicted molar refractivity (Wildman–Crippen MR) is 81.9 cm³/mol. The Labute approximate surface area is 140 Å². The van der Waals surface area contributed by atoms with Crippen molar-refractivity contribution in [2.45, 2.75) is 83.5 Å². The molecular formula is C15H31NaO3. The molecule has 4 heteroatoms. The first-order valence-electron chi connectivity index (χ1n) is 7.60. The van der Waals surface area contributed by atoms with Crippen molar-refractivity contribution in [2.75, 3.05) is 6.61 Å². The molecule has 0 aromatic heterocycles. The average molecular weight is 282 g/mol. The fourth-order valence-electron chi connectivity index (χ4n) is 2.16. The van der Waals surface area contributed by atoms with Gasteiger partial charge >= 0.3 is 35.5 Å². The first-order chi connectivity index (χ1) is 8.77. The number of rotatable bonds is 14. The van der Waals surface area contributed by atoms with Crippen molar-refractivity contribution >= 4 is 35.5 Å². The second-order valence-electron chi connectivity index (χ2n) is 5.11. The van der Waals surface area contributed by atoms with Crippen LogP contribution in [0.25, 0.3) is 0 Å². The molecule has 0 rings (SSSR count). The zero-order valence-electron chi connectivity index (χ0n) is 11.7. The zero-order valence-corrected chi connectivity index (χ0v) is 11.7. The third-order valence-electron chi connectivity index (χ3n) is 3.30. The van der Waals surface area contributed by atoms with Crippen LogP contribution in [0.15, 0.2) is 0 Å². The van der Waals surface area contributed by atoms with Crippen LogP contribution < -0.4 is 0 Å². The van der Waals surface area contributed by atoms with Crippen molar-refractivity contribution in [2.24, 2.45) is 0 Å². The van der Waals surface area contributed by atoms with Crippen molar-refractivity contribution in [1.82, 2.24) is 0 Å². The number of carboxylic acid groups (broad SMARTS) is 1. The Bertz CT molecular complexity index is 186. The van der Waals surface area contributed by atoms with Gasteiger partial charge in [0.25, 0.3) is 0 Å². The van der Waals surface area contributed by atoms with E-state index >= 15 is 0 Å². The SMILES string of the molecule is O=C(O)CCCCCCCCCCCCCCO.[NaH]. The minimum atomic E-state index is -0.670. The Balaban J connectivity index is 0. The number of unbranched alkanes of at least 4 members (excludes halogenated alkanes) is 11. The van der Waals surface area contributed by atoms with E-state index < -0.39 is 5.97 Å². The van der Waals surface area contributed by atoms with Gasteiger partial charge in [-0.2, -0.15) is 0 Å². The predicted octanol–water partition coefficient (Wildman–Crippen LogP) is 3.49. The van der Waals surface area contributed by atoms with Crippen LogP contribution >= 0.6 is 0 Å². The van der Waals surface area contributed by atoms with Gasteiger partial charge in [-0.3, -0.25) is 4.79 Å². The fraction of sp³-hybridized carbons (Fsp3) is 0.933. The first-order valence-corrected chi connectivity index (χ1v) is 7.60. The third kappa shape index (κ3) is 20.9. The molecule has 0 aromatic carbocycles. The molecule has 0 bridgehead atoms. The monoisotopic (exact) mass is 282 g/mol. The number of aliphatic hydroxyl groups is 1. The molecule has 0 saturated heterocycles. The quantitative estimate of drug-likeness (QED) is 0.379. The summed E-state index contributed by atoms with van der Waals surface area (Å²) in [5.74, 6) is -0.670. The van der Waals surface area contributed by atoms with E-state index in [2.05, 4.69) is 0 Å². The summed E-state index contributed by atoms with van der Waals surface area (Å²) in [6, 6.07) is 0. The molecule has 0 radical (unpaired) electrons. The molecule has 0 heterocycles. The molecule has 19 heavy (non-hydrogen) atoms. The van der Waals surface area contributed by atoms with E-state index in [-0.39, 0.29) is 29.6 Å². The molecule has 110 valence electrons. The molecule has 0 aliphatic heterocycles. The normalized spacial score (nSPS) is 10.2. The topological polar surface area (TPSA) is 57.5 Å². The van der Waals surface area contributed by atoms with Gasteiger partial charge in [-0.1, -0.05) is 64.2 Å². The van der Waals surface area contributed by atoms with Gasteiger partial charge in [0.2, 0.25) is 0 Å². The van der Waals surface area contributed by atoms with Crippen LogP contribution in [0, 0.1) is 0 Å². The Kier molecular flexibility index (Phi) is 21.1. The van der Waals surface area contributed by atoms with Crippen molar-refractivity contribution in [3.05, 3.63) is 0 Å². The Hall–Kier alpha value is 0.430. The standard InChI is InChI=1S/C15H30O3.Na.H/c16-14-12-10-8-6-4-2-1-3-5-7-9-11-13-15(17)18;;/h16H,1-14H2,(H,17,18);;. The van der Waals surface area contributed by atoms with E-state index in [1.807, 2.05) is 0 Å². The fourth-order valence-corrected chi connectivity index (χ4v) is 2.16. The van der Waals surface area contributed by atoms with Crippen LogP contribution in [0.4, 0.5) is 0 Å².